The van der Waals surface area contributed by atoms with Crippen molar-refractivity contribution in [2.24, 2.45) is 5.92 Å². The summed E-state index contributed by atoms with van der Waals surface area (Å²) < 4.78 is 0. The van der Waals surface area contributed by atoms with E-state index in [9.17, 15) is 5.26 Å². The van der Waals surface area contributed by atoms with Gasteiger partial charge >= 0.3 is 0 Å². The molecule has 110 valence electrons. The van der Waals surface area contributed by atoms with E-state index in [-0.39, 0.29) is 5.54 Å². The molecular formula is C16H31N3. The summed E-state index contributed by atoms with van der Waals surface area (Å²) >= 11 is 0. The Morgan fingerprint density at radius 1 is 1.26 bits per heavy atom. The molecule has 3 nitrogen and oxygen atoms in total. The van der Waals surface area contributed by atoms with E-state index >= 15 is 0 Å². The van der Waals surface area contributed by atoms with E-state index in [4.69, 9.17) is 0 Å². The van der Waals surface area contributed by atoms with E-state index in [0.717, 1.165) is 13.0 Å². The lowest BCUT2D eigenvalue weighted by molar-refractivity contribution is 0.123. The van der Waals surface area contributed by atoms with Crippen molar-refractivity contribution < 1.29 is 0 Å². The van der Waals surface area contributed by atoms with Crippen molar-refractivity contribution in [3.8, 4) is 6.07 Å². The molecule has 0 saturated heterocycles. The van der Waals surface area contributed by atoms with Crippen LogP contribution >= 0.6 is 0 Å². The molecule has 2 unspecified atom stereocenters. The average molecular weight is 265 g/mol. The molecule has 0 radical (unpaired) electrons. The zero-order valence-corrected chi connectivity index (χ0v) is 13.5. The topological polar surface area (TPSA) is 39.1 Å². The lowest BCUT2D eigenvalue weighted by Crippen LogP contribution is -2.50. The highest BCUT2D eigenvalue weighted by atomic mass is 15.2. The third-order valence-corrected chi connectivity index (χ3v) is 3.86. The van der Waals surface area contributed by atoms with Gasteiger partial charge < -0.3 is 0 Å². The minimum Gasteiger partial charge on any atom is -0.298 e. The van der Waals surface area contributed by atoms with Crippen molar-refractivity contribution in [3.63, 3.8) is 0 Å². The number of nitrogens with one attached hydrogen (secondary N) is 1. The Morgan fingerprint density at radius 3 is 2.21 bits per heavy atom. The lowest BCUT2D eigenvalue weighted by atomic mass is 9.93. The predicted molar refractivity (Wildman–Crippen MR) is 80.9 cm³/mol. The summed E-state index contributed by atoms with van der Waals surface area (Å²) in [4.78, 5) is 2.52. The molecule has 0 aromatic rings. The van der Waals surface area contributed by atoms with Crippen LogP contribution in [0.1, 0.15) is 60.8 Å². The summed E-state index contributed by atoms with van der Waals surface area (Å²) in [6.45, 7) is 14.4. The van der Waals surface area contributed by atoms with E-state index in [0.29, 0.717) is 24.0 Å². The number of nitriles is 1. The van der Waals surface area contributed by atoms with Crippen LogP contribution in [0.15, 0.2) is 0 Å². The zero-order valence-electron chi connectivity index (χ0n) is 13.5. The maximum absolute atomic E-state index is 9.48. The van der Waals surface area contributed by atoms with Gasteiger partial charge in [-0.05, 0) is 52.9 Å². The Bertz CT molecular complexity index is 314. The molecule has 0 heterocycles. The zero-order chi connectivity index (χ0) is 14.6. The van der Waals surface area contributed by atoms with E-state index in [1.807, 2.05) is 0 Å². The summed E-state index contributed by atoms with van der Waals surface area (Å²) in [5.41, 5.74) is -0.384. The molecule has 0 aromatic carbocycles. The third kappa shape index (κ3) is 5.50. The molecule has 1 saturated carbocycles. The Hall–Kier alpha value is -0.590. The van der Waals surface area contributed by atoms with E-state index in [1.165, 1.54) is 12.8 Å². The van der Waals surface area contributed by atoms with Gasteiger partial charge in [0.25, 0.3) is 0 Å². The molecule has 0 amide bonds. The first kappa shape index (κ1) is 16.5. The van der Waals surface area contributed by atoms with Crippen LogP contribution in [0, 0.1) is 17.2 Å². The number of nitrogens with zero attached hydrogens (tertiary/aromatic N) is 2. The van der Waals surface area contributed by atoms with Crippen molar-refractivity contribution >= 4 is 0 Å². The van der Waals surface area contributed by atoms with Crippen LogP contribution in [0.3, 0.4) is 0 Å². The molecule has 0 spiro atoms. The normalized spacial score (nSPS) is 20.6. The molecule has 1 aliphatic carbocycles. The molecule has 1 aliphatic rings. The van der Waals surface area contributed by atoms with Gasteiger partial charge in [-0.2, -0.15) is 5.26 Å². The fraction of sp³-hybridized carbons (Fsp3) is 0.938. The van der Waals surface area contributed by atoms with Crippen molar-refractivity contribution in [2.75, 3.05) is 6.54 Å². The number of rotatable bonds is 8. The fourth-order valence-electron chi connectivity index (χ4n) is 2.84. The molecule has 3 heteroatoms. The van der Waals surface area contributed by atoms with Gasteiger partial charge in [-0.25, -0.2) is 0 Å². The van der Waals surface area contributed by atoms with Gasteiger partial charge in [0.2, 0.25) is 0 Å². The van der Waals surface area contributed by atoms with E-state index in [1.54, 1.807) is 0 Å². The SMILES string of the molecule is CC(C)CN(C(C)C)C(C)CC(C)(C#N)NC1CC1. The second kappa shape index (κ2) is 6.72. The first-order valence-electron chi connectivity index (χ1n) is 7.72. The van der Waals surface area contributed by atoms with Crippen LogP contribution in [0.2, 0.25) is 0 Å². The van der Waals surface area contributed by atoms with Gasteiger partial charge in [0.1, 0.15) is 5.54 Å². The Kier molecular flexibility index (Phi) is 5.82. The molecule has 0 bridgehead atoms. The standard InChI is InChI=1S/C16H31N3/c1-12(2)10-19(13(3)4)14(5)9-16(6,11-17)18-15-7-8-15/h12-15,18H,7-10H2,1-6H3. The first-order valence-corrected chi connectivity index (χ1v) is 7.72. The molecule has 1 fully saturated rings. The van der Waals surface area contributed by atoms with E-state index < -0.39 is 0 Å². The minimum atomic E-state index is -0.384. The fourth-order valence-corrected chi connectivity index (χ4v) is 2.84. The second-order valence-electron chi connectivity index (χ2n) is 7.10. The van der Waals surface area contributed by atoms with Crippen molar-refractivity contribution in [1.29, 1.82) is 5.26 Å². The largest absolute Gasteiger partial charge is 0.298 e. The quantitative estimate of drug-likeness (QED) is 0.732. The Labute approximate surface area is 119 Å². The maximum atomic E-state index is 9.48. The molecule has 1 rings (SSSR count). The summed E-state index contributed by atoms with van der Waals surface area (Å²) in [5, 5.41) is 13.0. The summed E-state index contributed by atoms with van der Waals surface area (Å²) in [6, 6.07) is 4.03. The van der Waals surface area contributed by atoms with Gasteiger partial charge in [0.15, 0.2) is 0 Å². The van der Waals surface area contributed by atoms with Gasteiger partial charge in [0.05, 0.1) is 6.07 Å². The van der Waals surface area contributed by atoms with Gasteiger partial charge in [-0.1, -0.05) is 13.8 Å². The highest BCUT2D eigenvalue weighted by Crippen LogP contribution is 2.26. The highest BCUT2D eigenvalue weighted by Gasteiger charge is 2.35. The summed E-state index contributed by atoms with van der Waals surface area (Å²) in [5.74, 6) is 0.662. The van der Waals surface area contributed by atoms with Crippen molar-refractivity contribution in [1.82, 2.24) is 10.2 Å². The monoisotopic (exact) mass is 265 g/mol. The van der Waals surface area contributed by atoms with Crippen molar-refractivity contribution in [3.05, 3.63) is 0 Å². The van der Waals surface area contributed by atoms with Crippen LogP contribution in [-0.4, -0.2) is 35.1 Å². The number of hydrogen-bond donors (Lipinski definition) is 1. The van der Waals surface area contributed by atoms with Crippen LogP contribution in [-0.2, 0) is 0 Å². The summed E-state index contributed by atoms with van der Waals surface area (Å²) in [6.07, 6.45) is 3.35. The molecule has 0 aromatic heterocycles. The molecule has 2 atom stereocenters. The van der Waals surface area contributed by atoms with Gasteiger partial charge in [-0.15, -0.1) is 0 Å². The second-order valence-corrected chi connectivity index (χ2v) is 7.10. The molecule has 19 heavy (non-hydrogen) atoms. The highest BCUT2D eigenvalue weighted by molar-refractivity contribution is 5.08. The molecular weight excluding hydrogens is 234 g/mol. The van der Waals surface area contributed by atoms with Crippen LogP contribution in [0.4, 0.5) is 0 Å². The average Bonchev–Trinajstić information content (AvgIpc) is 3.08. The molecule has 0 aliphatic heterocycles. The van der Waals surface area contributed by atoms with Crippen LogP contribution in [0.25, 0.3) is 0 Å². The smallest absolute Gasteiger partial charge is 0.105 e. The number of hydrogen-bond acceptors (Lipinski definition) is 3. The Balaban J connectivity index is 2.62. The van der Waals surface area contributed by atoms with Crippen LogP contribution < -0.4 is 5.32 Å². The van der Waals surface area contributed by atoms with E-state index in [2.05, 4.69) is 57.8 Å². The summed E-state index contributed by atoms with van der Waals surface area (Å²) in [7, 11) is 0. The minimum absolute atomic E-state index is 0.384. The third-order valence-electron chi connectivity index (χ3n) is 3.86. The molecule has 1 N–H and O–H groups in total. The van der Waals surface area contributed by atoms with Crippen molar-refractivity contribution in [2.45, 2.75) is 84.5 Å². The predicted octanol–water partition coefficient (Wildman–Crippen LogP) is 3.17. The lowest BCUT2D eigenvalue weighted by Gasteiger charge is -2.37. The first-order chi connectivity index (χ1) is 8.77. The Morgan fingerprint density at radius 2 is 1.84 bits per heavy atom. The van der Waals surface area contributed by atoms with Gasteiger partial charge in [0, 0.05) is 24.7 Å². The van der Waals surface area contributed by atoms with Gasteiger partial charge in [-0.3, -0.25) is 10.2 Å². The van der Waals surface area contributed by atoms with Crippen LogP contribution in [0.5, 0.6) is 0 Å². The maximum Gasteiger partial charge on any atom is 0.105 e.